The van der Waals surface area contributed by atoms with Crippen LogP contribution in [0.25, 0.3) is 0 Å². The molecule has 0 saturated carbocycles. The fourth-order valence-corrected chi connectivity index (χ4v) is 3.05. The molecule has 2 heterocycles. The molecule has 0 radical (unpaired) electrons. The lowest BCUT2D eigenvalue weighted by Gasteiger charge is -2.19. The number of thiophene rings is 1. The first kappa shape index (κ1) is 11.6. The normalized spacial score (nSPS) is 23.2. The third-order valence-electron chi connectivity index (χ3n) is 2.77. The maximum atomic E-state index is 5.64. The van der Waals surface area contributed by atoms with Crippen molar-refractivity contribution in [2.45, 2.75) is 38.5 Å². The van der Waals surface area contributed by atoms with Crippen LogP contribution in [0.5, 0.6) is 0 Å². The molecule has 1 aromatic heterocycles. The van der Waals surface area contributed by atoms with Gasteiger partial charge in [0.15, 0.2) is 0 Å². The van der Waals surface area contributed by atoms with E-state index in [9.17, 15) is 0 Å². The van der Waals surface area contributed by atoms with E-state index < -0.39 is 0 Å². The van der Waals surface area contributed by atoms with Gasteiger partial charge < -0.3 is 10.1 Å². The molecular weight excluding hydrogens is 274 g/mol. The average Bonchev–Trinajstić information content (AvgIpc) is 2.84. The molecule has 1 aliphatic rings. The molecule has 2 atom stereocenters. The number of hydrogen-bond donors (Lipinski definition) is 1. The Hall–Kier alpha value is 0.1000. The molecule has 1 aromatic rings. The molecule has 1 saturated heterocycles. The minimum Gasteiger partial charge on any atom is -0.377 e. The van der Waals surface area contributed by atoms with Crippen LogP contribution in [0.4, 0.5) is 0 Å². The quantitative estimate of drug-likeness (QED) is 0.919. The van der Waals surface area contributed by atoms with Crippen molar-refractivity contribution in [3.05, 3.63) is 20.8 Å². The molecule has 2 unspecified atom stereocenters. The van der Waals surface area contributed by atoms with Gasteiger partial charge in [-0.3, -0.25) is 0 Å². The topological polar surface area (TPSA) is 21.3 Å². The number of halogens is 1. The molecule has 1 N–H and O–H groups in total. The van der Waals surface area contributed by atoms with Crippen LogP contribution in [0, 0.1) is 0 Å². The monoisotopic (exact) mass is 289 g/mol. The lowest BCUT2D eigenvalue weighted by molar-refractivity contribution is 0.0832. The standard InChI is InChI=1S/C11H16BrNOS/c1-8(10-3-2-4-14-10)13-6-9-5-11(12)15-7-9/h5,7-8,10,13H,2-4,6H2,1H3. The summed E-state index contributed by atoms with van der Waals surface area (Å²) < 4.78 is 6.84. The summed E-state index contributed by atoms with van der Waals surface area (Å²) in [4.78, 5) is 0. The molecule has 0 aromatic carbocycles. The van der Waals surface area contributed by atoms with Crippen molar-refractivity contribution in [3.8, 4) is 0 Å². The zero-order chi connectivity index (χ0) is 10.7. The summed E-state index contributed by atoms with van der Waals surface area (Å²) in [5.41, 5.74) is 1.34. The van der Waals surface area contributed by atoms with Crippen LogP contribution in [0.2, 0.25) is 0 Å². The van der Waals surface area contributed by atoms with Gasteiger partial charge in [0.25, 0.3) is 0 Å². The zero-order valence-electron chi connectivity index (χ0n) is 8.83. The predicted octanol–water partition coefficient (Wildman–Crippen LogP) is 3.17. The molecule has 4 heteroatoms. The van der Waals surface area contributed by atoms with Crippen LogP contribution in [0.1, 0.15) is 25.3 Å². The van der Waals surface area contributed by atoms with Crippen molar-refractivity contribution in [2.24, 2.45) is 0 Å². The summed E-state index contributed by atoms with van der Waals surface area (Å²) in [6.07, 6.45) is 2.81. The highest BCUT2D eigenvalue weighted by molar-refractivity contribution is 9.11. The molecule has 84 valence electrons. The van der Waals surface area contributed by atoms with Crippen LogP contribution in [0.15, 0.2) is 15.2 Å². The van der Waals surface area contributed by atoms with Gasteiger partial charge >= 0.3 is 0 Å². The Morgan fingerprint density at radius 2 is 2.60 bits per heavy atom. The minimum atomic E-state index is 0.409. The molecule has 15 heavy (non-hydrogen) atoms. The largest absolute Gasteiger partial charge is 0.377 e. The first-order chi connectivity index (χ1) is 7.25. The number of rotatable bonds is 4. The fourth-order valence-electron chi connectivity index (χ4n) is 1.85. The van der Waals surface area contributed by atoms with E-state index in [1.807, 2.05) is 0 Å². The highest BCUT2D eigenvalue weighted by Gasteiger charge is 2.21. The van der Waals surface area contributed by atoms with Crippen LogP contribution in [-0.2, 0) is 11.3 Å². The van der Waals surface area contributed by atoms with Gasteiger partial charge in [-0.2, -0.15) is 0 Å². The third kappa shape index (κ3) is 3.28. The van der Waals surface area contributed by atoms with E-state index >= 15 is 0 Å². The second kappa shape index (κ2) is 5.43. The van der Waals surface area contributed by atoms with E-state index in [1.165, 1.54) is 22.2 Å². The molecule has 0 bridgehead atoms. The SMILES string of the molecule is CC(NCc1csc(Br)c1)C1CCCO1. The van der Waals surface area contributed by atoms with Crippen molar-refractivity contribution in [3.63, 3.8) is 0 Å². The lowest BCUT2D eigenvalue weighted by Crippen LogP contribution is -2.36. The zero-order valence-corrected chi connectivity index (χ0v) is 11.2. The lowest BCUT2D eigenvalue weighted by atomic mass is 10.1. The summed E-state index contributed by atoms with van der Waals surface area (Å²) in [7, 11) is 0. The number of nitrogens with one attached hydrogen (secondary N) is 1. The summed E-state index contributed by atoms with van der Waals surface area (Å²) in [5, 5.41) is 5.69. The van der Waals surface area contributed by atoms with E-state index in [2.05, 4.69) is 39.6 Å². The molecule has 0 amide bonds. The van der Waals surface area contributed by atoms with Crippen molar-refractivity contribution in [1.29, 1.82) is 0 Å². The third-order valence-corrected chi connectivity index (χ3v) is 4.33. The van der Waals surface area contributed by atoms with Gasteiger partial charge in [-0.1, -0.05) is 0 Å². The molecule has 2 nitrogen and oxygen atoms in total. The summed E-state index contributed by atoms with van der Waals surface area (Å²) >= 11 is 5.21. The first-order valence-electron chi connectivity index (χ1n) is 5.33. The highest BCUT2D eigenvalue weighted by Crippen LogP contribution is 2.21. The number of ether oxygens (including phenoxy) is 1. The second-order valence-electron chi connectivity index (χ2n) is 3.98. The Balaban J connectivity index is 1.77. The molecule has 0 spiro atoms. The van der Waals surface area contributed by atoms with Crippen molar-refractivity contribution < 1.29 is 4.74 Å². The molecule has 0 aliphatic carbocycles. The average molecular weight is 290 g/mol. The highest BCUT2D eigenvalue weighted by atomic mass is 79.9. The smallest absolute Gasteiger partial charge is 0.0726 e. The Morgan fingerprint density at radius 1 is 1.73 bits per heavy atom. The Kier molecular flexibility index (Phi) is 4.20. The maximum absolute atomic E-state index is 5.64. The van der Waals surface area contributed by atoms with E-state index in [4.69, 9.17) is 4.74 Å². The molecule has 2 rings (SSSR count). The van der Waals surface area contributed by atoms with Crippen LogP contribution >= 0.6 is 27.3 Å². The van der Waals surface area contributed by atoms with Crippen molar-refractivity contribution in [1.82, 2.24) is 5.32 Å². The molecule has 1 aliphatic heterocycles. The number of hydrogen-bond acceptors (Lipinski definition) is 3. The summed E-state index contributed by atoms with van der Waals surface area (Å²) in [6.45, 7) is 4.07. The Labute approximate surface area is 103 Å². The van der Waals surface area contributed by atoms with E-state index in [0.29, 0.717) is 12.1 Å². The maximum Gasteiger partial charge on any atom is 0.0726 e. The van der Waals surface area contributed by atoms with E-state index in [1.54, 1.807) is 11.3 Å². The van der Waals surface area contributed by atoms with Crippen molar-refractivity contribution >= 4 is 27.3 Å². The molecular formula is C11H16BrNOS. The Bertz CT molecular complexity index is 309. The van der Waals surface area contributed by atoms with Gasteiger partial charge in [-0.15, -0.1) is 11.3 Å². The van der Waals surface area contributed by atoms with Crippen LogP contribution < -0.4 is 5.32 Å². The predicted molar refractivity (Wildman–Crippen MR) is 67.3 cm³/mol. The fraction of sp³-hybridized carbons (Fsp3) is 0.636. The van der Waals surface area contributed by atoms with Gasteiger partial charge in [0.05, 0.1) is 9.89 Å². The van der Waals surface area contributed by atoms with Gasteiger partial charge in [0, 0.05) is 19.2 Å². The first-order valence-corrected chi connectivity index (χ1v) is 7.01. The van der Waals surface area contributed by atoms with Gasteiger partial charge in [-0.05, 0) is 52.7 Å². The van der Waals surface area contributed by atoms with Crippen LogP contribution in [-0.4, -0.2) is 18.8 Å². The minimum absolute atomic E-state index is 0.409. The van der Waals surface area contributed by atoms with Crippen LogP contribution in [0.3, 0.4) is 0 Å². The Morgan fingerprint density at radius 3 is 3.20 bits per heavy atom. The van der Waals surface area contributed by atoms with Crippen molar-refractivity contribution in [2.75, 3.05) is 6.61 Å². The molecule has 1 fully saturated rings. The van der Waals surface area contributed by atoms with Gasteiger partial charge in [0.1, 0.15) is 0 Å². The summed E-state index contributed by atoms with van der Waals surface area (Å²) in [5.74, 6) is 0. The van der Waals surface area contributed by atoms with Gasteiger partial charge in [0.2, 0.25) is 0 Å². The van der Waals surface area contributed by atoms with E-state index in [0.717, 1.165) is 13.2 Å². The summed E-state index contributed by atoms with van der Waals surface area (Å²) in [6, 6.07) is 2.62. The van der Waals surface area contributed by atoms with Gasteiger partial charge in [-0.25, -0.2) is 0 Å². The second-order valence-corrected chi connectivity index (χ2v) is 6.27. The van der Waals surface area contributed by atoms with E-state index in [-0.39, 0.29) is 0 Å².